The molecule has 0 radical (unpaired) electrons. The number of amides is 3. The fraction of sp³-hybridized carbons (Fsp3) is 0.593. The summed E-state index contributed by atoms with van der Waals surface area (Å²) < 4.78 is 0. The van der Waals surface area contributed by atoms with Gasteiger partial charge in [0.1, 0.15) is 18.1 Å². The maximum absolute atomic E-state index is 13.5. The van der Waals surface area contributed by atoms with Crippen LogP contribution in [0, 0.1) is 5.92 Å². The Morgan fingerprint density at radius 3 is 2.02 bits per heavy atom. The molecule has 0 spiro atoms. The molecule has 1 aromatic carbocycles. The van der Waals surface area contributed by atoms with Crippen molar-refractivity contribution < 1.29 is 24.3 Å². The number of hydrogen-bond acceptors (Lipinski definition) is 7. The summed E-state index contributed by atoms with van der Waals surface area (Å²) in [5.41, 5.74) is 23.1. The predicted octanol–water partition coefficient (Wildman–Crippen LogP) is -0.676. The number of hydrogen-bond donors (Lipinski definition) is 8. The van der Waals surface area contributed by atoms with Gasteiger partial charge in [-0.2, -0.15) is 0 Å². The van der Waals surface area contributed by atoms with Crippen molar-refractivity contribution in [1.29, 1.82) is 0 Å². The van der Waals surface area contributed by atoms with E-state index < -0.39 is 47.9 Å². The first-order valence-corrected chi connectivity index (χ1v) is 13.7. The van der Waals surface area contributed by atoms with Crippen molar-refractivity contribution in [1.82, 2.24) is 16.0 Å². The van der Waals surface area contributed by atoms with E-state index in [4.69, 9.17) is 22.9 Å². The van der Waals surface area contributed by atoms with Gasteiger partial charge in [-0.15, -0.1) is 0 Å². The molecule has 0 aromatic heterocycles. The van der Waals surface area contributed by atoms with Gasteiger partial charge < -0.3 is 44.0 Å². The van der Waals surface area contributed by atoms with Gasteiger partial charge in [-0.25, -0.2) is 4.79 Å². The number of unbranched alkanes of at least 4 members (excludes halogenated alkanes) is 1. The molecular weight excluding hydrogens is 516 g/mol. The summed E-state index contributed by atoms with van der Waals surface area (Å²) in [6.45, 7) is 4.37. The van der Waals surface area contributed by atoms with E-state index in [9.17, 15) is 24.3 Å². The quantitative estimate of drug-likeness (QED) is 0.0604. The van der Waals surface area contributed by atoms with Gasteiger partial charge in [0.15, 0.2) is 5.96 Å². The molecule has 0 aliphatic carbocycles. The number of carboxylic acid groups (broad SMARTS) is 1. The first-order chi connectivity index (χ1) is 19.0. The summed E-state index contributed by atoms with van der Waals surface area (Å²) in [7, 11) is 0. The lowest BCUT2D eigenvalue weighted by molar-refractivity contribution is -0.142. The van der Waals surface area contributed by atoms with Gasteiger partial charge in [-0.3, -0.25) is 19.4 Å². The van der Waals surface area contributed by atoms with Crippen molar-refractivity contribution in [2.45, 2.75) is 83.0 Å². The monoisotopic (exact) mass is 562 g/mol. The van der Waals surface area contributed by atoms with E-state index in [0.29, 0.717) is 32.2 Å². The molecule has 0 heterocycles. The second-order valence-electron chi connectivity index (χ2n) is 9.86. The first-order valence-electron chi connectivity index (χ1n) is 13.7. The molecule has 0 saturated heterocycles. The number of rotatable bonds is 19. The van der Waals surface area contributed by atoms with Gasteiger partial charge >= 0.3 is 5.97 Å². The molecule has 0 aliphatic rings. The molecular formula is C27H46N8O5. The highest BCUT2D eigenvalue weighted by molar-refractivity contribution is 5.94. The second kappa shape index (κ2) is 18.6. The van der Waals surface area contributed by atoms with E-state index in [2.05, 4.69) is 20.9 Å². The number of carbonyl (C=O) groups is 4. The molecule has 13 heteroatoms. The Labute approximate surface area is 235 Å². The molecule has 0 saturated carbocycles. The number of benzene rings is 1. The summed E-state index contributed by atoms with van der Waals surface area (Å²) in [6, 6.07) is 5.00. The van der Waals surface area contributed by atoms with E-state index in [1.165, 1.54) is 0 Å². The molecule has 5 atom stereocenters. The number of aliphatic imine (C=N–C) groups is 1. The lowest BCUT2D eigenvalue weighted by Crippen LogP contribution is -2.58. The molecule has 0 aliphatic heterocycles. The van der Waals surface area contributed by atoms with Crippen LogP contribution in [0.1, 0.15) is 57.9 Å². The predicted molar refractivity (Wildman–Crippen MR) is 154 cm³/mol. The van der Waals surface area contributed by atoms with Crippen LogP contribution < -0.4 is 38.9 Å². The highest BCUT2D eigenvalue weighted by atomic mass is 16.4. The fourth-order valence-corrected chi connectivity index (χ4v) is 3.91. The van der Waals surface area contributed by atoms with Crippen LogP contribution in [0.15, 0.2) is 35.3 Å². The number of carboxylic acids is 1. The van der Waals surface area contributed by atoms with Gasteiger partial charge in [-0.1, -0.05) is 50.6 Å². The Kier molecular flexibility index (Phi) is 15.9. The standard InChI is InChI=1S/C27H46N8O5/c1-3-17(2)22(29)25(38)35-21(16-18-10-5-4-6-11-18)24(37)33-19(13-9-15-32-27(30)31)23(36)34-20(26(39)40)12-7-8-14-28/h4-6,10-11,17,19-22H,3,7-9,12-16,28-29H2,1-2H3,(H,33,37)(H,34,36)(H,35,38)(H,39,40)(H4,30,31,32). The van der Waals surface area contributed by atoms with Gasteiger partial charge in [0.2, 0.25) is 17.7 Å². The van der Waals surface area contributed by atoms with Crippen molar-refractivity contribution in [3.8, 4) is 0 Å². The normalized spacial score (nSPS) is 14.6. The Hall–Kier alpha value is -3.71. The minimum Gasteiger partial charge on any atom is -0.480 e. The molecule has 40 heavy (non-hydrogen) atoms. The Bertz CT molecular complexity index is 971. The Morgan fingerprint density at radius 1 is 0.875 bits per heavy atom. The van der Waals surface area contributed by atoms with Crippen LogP contribution in [-0.4, -0.2) is 72.0 Å². The summed E-state index contributed by atoms with van der Waals surface area (Å²) in [6.07, 6.45) is 2.60. The van der Waals surface area contributed by atoms with E-state index in [1.54, 1.807) is 0 Å². The largest absolute Gasteiger partial charge is 0.480 e. The smallest absolute Gasteiger partial charge is 0.326 e. The third kappa shape index (κ3) is 12.9. The molecule has 13 nitrogen and oxygen atoms in total. The zero-order valence-electron chi connectivity index (χ0n) is 23.5. The Morgan fingerprint density at radius 2 is 1.45 bits per heavy atom. The van der Waals surface area contributed by atoms with Crippen molar-refractivity contribution in [2.75, 3.05) is 13.1 Å². The average molecular weight is 563 g/mol. The topological polar surface area (TPSA) is 241 Å². The molecule has 1 rings (SSSR count). The maximum Gasteiger partial charge on any atom is 0.326 e. The van der Waals surface area contributed by atoms with Crippen LogP contribution in [-0.2, 0) is 25.6 Å². The third-order valence-electron chi connectivity index (χ3n) is 6.62. The second-order valence-corrected chi connectivity index (χ2v) is 9.86. The number of aliphatic carboxylic acids is 1. The van der Waals surface area contributed by atoms with Crippen molar-refractivity contribution >= 4 is 29.7 Å². The maximum atomic E-state index is 13.5. The minimum atomic E-state index is -1.19. The van der Waals surface area contributed by atoms with E-state index in [0.717, 1.165) is 5.56 Å². The van der Waals surface area contributed by atoms with Crippen molar-refractivity contribution in [3.63, 3.8) is 0 Å². The molecule has 224 valence electrons. The van der Waals surface area contributed by atoms with Gasteiger partial charge in [0, 0.05) is 13.0 Å². The summed E-state index contributed by atoms with van der Waals surface area (Å²) in [4.78, 5) is 55.2. The highest BCUT2D eigenvalue weighted by Crippen LogP contribution is 2.10. The van der Waals surface area contributed by atoms with Crippen LogP contribution in [0.25, 0.3) is 0 Å². The summed E-state index contributed by atoms with van der Waals surface area (Å²) in [5.74, 6) is -3.17. The first kappa shape index (κ1) is 34.3. The Balaban J connectivity index is 3.15. The van der Waals surface area contributed by atoms with Gasteiger partial charge in [-0.05, 0) is 50.1 Å². The van der Waals surface area contributed by atoms with Gasteiger partial charge in [0.05, 0.1) is 6.04 Å². The lowest BCUT2D eigenvalue weighted by Gasteiger charge is -2.26. The van der Waals surface area contributed by atoms with E-state index in [1.807, 2.05) is 44.2 Å². The number of nitrogens with zero attached hydrogens (tertiary/aromatic N) is 1. The fourth-order valence-electron chi connectivity index (χ4n) is 3.91. The number of nitrogens with two attached hydrogens (primary N) is 4. The van der Waals surface area contributed by atoms with Crippen molar-refractivity contribution in [2.24, 2.45) is 33.8 Å². The van der Waals surface area contributed by atoms with Crippen LogP contribution in [0.3, 0.4) is 0 Å². The summed E-state index contributed by atoms with van der Waals surface area (Å²) in [5, 5.41) is 17.5. The van der Waals surface area contributed by atoms with Crippen LogP contribution in [0.2, 0.25) is 0 Å². The molecule has 1 aromatic rings. The van der Waals surface area contributed by atoms with Crippen LogP contribution in [0.4, 0.5) is 0 Å². The highest BCUT2D eigenvalue weighted by Gasteiger charge is 2.31. The minimum absolute atomic E-state index is 0.110. The number of carbonyl (C=O) groups excluding carboxylic acids is 3. The zero-order chi connectivity index (χ0) is 30.1. The zero-order valence-corrected chi connectivity index (χ0v) is 23.5. The molecule has 12 N–H and O–H groups in total. The van der Waals surface area contributed by atoms with E-state index >= 15 is 0 Å². The van der Waals surface area contributed by atoms with Gasteiger partial charge in [0.25, 0.3) is 0 Å². The third-order valence-corrected chi connectivity index (χ3v) is 6.62. The number of guanidine groups is 1. The van der Waals surface area contributed by atoms with Crippen LogP contribution in [0.5, 0.6) is 0 Å². The van der Waals surface area contributed by atoms with Crippen LogP contribution >= 0.6 is 0 Å². The van der Waals surface area contributed by atoms with Crippen molar-refractivity contribution in [3.05, 3.63) is 35.9 Å². The number of nitrogens with one attached hydrogen (secondary N) is 3. The molecule has 0 fully saturated rings. The molecule has 3 amide bonds. The molecule has 0 bridgehead atoms. The van der Waals surface area contributed by atoms with E-state index in [-0.39, 0.29) is 37.7 Å². The summed E-state index contributed by atoms with van der Waals surface area (Å²) >= 11 is 0. The molecule has 5 unspecified atom stereocenters. The average Bonchev–Trinajstić information content (AvgIpc) is 2.92. The lowest BCUT2D eigenvalue weighted by atomic mass is 9.98. The SMILES string of the molecule is CCC(C)C(N)C(=O)NC(Cc1ccccc1)C(=O)NC(CCCN=C(N)N)C(=O)NC(CCCCN)C(=O)O.